The molecule has 2 aliphatic rings. The van der Waals surface area contributed by atoms with E-state index in [0.29, 0.717) is 17.5 Å². The summed E-state index contributed by atoms with van der Waals surface area (Å²) in [6, 6.07) is 0.882. The highest BCUT2D eigenvalue weighted by Gasteiger charge is 2.32. The van der Waals surface area contributed by atoms with Crippen LogP contribution in [0, 0.1) is 5.41 Å². The van der Waals surface area contributed by atoms with Crippen molar-refractivity contribution in [3.05, 3.63) is 16.8 Å². The Labute approximate surface area is 148 Å². The van der Waals surface area contributed by atoms with Gasteiger partial charge in [0.2, 0.25) is 0 Å². The number of rotatable bonds is 3. The standard InChI is InChI=1S/C19H28N4S/c1-3-19(2)9-8-15-14(10-19)16-17(21-11-22-18(16)24-15)23-13-6-4-12(20)5-7-13/h11-13H,3-10,20H2,1-2H3,(H,21,22,23). The maximum atomic E-state index is 6.05. The number of hydrogen-bond acceptors (Lipinski definition) is 5. The molecule has 24 heavy (non-hydrogen) atoms. The Balaban J connectivity index is 1.68. The van der Waals surface area contributed by atoms with Gasteiger partial charge in [0.25, 0.3) is 0 Å². The molecule has 1 unspecified atom stereocenters. The van der Waals surface area contributed by atoms with Crippen molar-refractivity contribution in [2.24, 2.45) is 11.1 Å². The number of hydrogen-bond donors (Lipinski definition) is 2. The van der Waals surface area contributed by atoms with Crippen molar-refractivity contribution in [1.82, 2.24) is 9.97 Å². The van der Waals surface area contributed by atoms with Crippen molar-refractivity contribution < 1.29 is 0 Å². The predicted octanol–water partition coefficient (Wildman–Crippen LogP) is 4.28. The molecular weight excluding hydrogens is 316 g/mol. The van der Waals surface area contributed by atoms with E-state index < -0.39 is 0 Å². The molecule has 130 valence electrons. The largest absolute Gasteiger partial charge is 0.367 e. The Morgan fingerprint density at radius 3 is 2.83 bits per heavy atom. The first-order valence-corrected chi connectivity index (χ1v) is 10.2. The number of aryl methyl sites for hydroxylation is 1. The maximum Gasteiger partial charge on any atom is 0.138 e. The lowest BCUT2D eigenvalue weighted by molar-refractivity contribution is 0.271. The lowest BCUT2D eigenvalue weighted by atomic mass is 9.73. The summed E-state index contributed by atoms with van der Waals surface area (Å²) in [4.78, 5) is 11.9. The van der Waals surface area contributed by atoms with Crippen LogP contribution < -0.4 is 11.1 Å². The molecule has 0 aromatic carbocycles. The minimum absolute atomic E-state index is 0.382. The fourth-order valence-electron chi connectivity index (χ4n) is 4.22. The Bertz CT molecular complexity index is 732. The van der Waals surface area contributed by atoms with E-state index in [9.17, 15) is 0 Å². The molecule has 0 radical (unpaired) electrons. The van der Waals surface area contributed by atoms with Crippen LogP contribution >= 0.6 is 11.3 Å². The predicted molar refractivity (Wildman–Crippen MR) is 102 cm³/mol. The van der Waals surface area contributed by atoms with Crippen LogP contribution in [0.1, 0.15) is 62.8 Å². The zero-order valence-electron chi connectivity index (χ0n) is 14.8. The Morgan fingerprint density at radius 2 is 2.08 bits per heavy atom. The van der Waals surface area contributed by atoms with E-state index in [-0.39, 0.29) is 0 Å². The van der Waals surface area contributed by atoms with Gasteiger partial charge >= 0.3 is 0 Å². The van der Waals surface area contributed by atoms with Gasteiger partial charge in [-0.3, -0.25) is 0 Å². The summed E-state index contributed by atoms with van der Waals surface area (Å²) in [7, 11) is 0. The molecule has 1 atom stereocenters. The van der Waals surface area contributed by atoms with Crippen LogP contribution in [0.4, 0.5) is 5.82 Å². The van der Waals surface area contributed by atoms with Gasteiger partial charge in [-0.2, -0.15) is 0 Å². The van der Waals surface area contributed by atoms with Gasteiger partial charge in [-0.1, -0.05) is 20.3 Å². The number of thiophene rings is 1. The molecule has 2 aromatic rings. The van der Waals surface area contributed by atoms with E-state index in [1.807, 2.05) is 11.3 Å². The summed E-state index contributed by atoms with van der Waals surface area (Å²) in [5.74, 6) is 1.05. The molecule has 0 saturated heterocycles. The topological polar surface area (TPSA) is 63.8 Å². The molecular formula is C19H28N4S. The van der Waals surface area contributed by atoms with Crippen molar-refractivity contribution in [2.75, 3.05) is 5.32 Å². The first kappa shape index (κ1) is 16.3. The first-order valence-electron chi connectivity index (χ1n) is 9.35. The fourth-order valence-corrected chi connectivity index (χ4v) is 5.38. The molecule has 0 bridgehead atoms. The van der Waals surface area contributed by atoms with E-state index in [0.717, 1.165) is 42.8 Å². The van der Waals surface area contributed by atoms with Crippen molar-refractivity contribution >= 4 is 27.4 Å². The van der Waals surface area contributed by atoms with Gasteiger partial charge in [0, 0.05) is 17.0 Å². The second-order valence-corrected chi connectivity index (χ2v) is 9.09. The smallest absolute Gasteiger partial charge is 0.138 e. The molecule has 0 amide bonds. The number of nitrogens with two attached hydrogens (primary N) is 1. The first-order chi connectivity index (χ1) is 11.6. The third-order valence-corrected chi connectivity index (χ3v) is 7.40. The summed E-state index contributed by atoms with van der Waals surface area (Å²) < 4.78 is 0. The van der Waals surface area contributed by atoms with E-state index >= 15 is 0 Å². The number of nitrogens with zero attached hydrogens (tertiary/aromatic N) is 2. The van der Waals surface area contributed by atoms with Crippen molar-refractivity contribution in [2.45, 2.75) is 77.3 Å². The monoisotopic (exact) mass is 344 g/mol. The average molecular weight is 345 g/mol. The highest BCUT2D eigenvalue weighted by atomic mass is 32.1. The number of fused-ring (bicyclic) bond motifs is 3. The number of anilines is 1. The highest BCUT2D eigenvalue weighted by molar-refractivity contribution is 7.19. The summed E-state index contributed by atoms with van der Waals surface area (Å²) in [5, 5.41) is 5.02. The van der Waals surface area contributed by atoms with Gasteiger partial charge < -0.3 is 11.1 Å². The zero-order valence-corrected chi connectivity index (χ0v) is 15.6. The highest BCUT2D eigenvalue weighted by Crippen LogP contribution is 2.45. The van der Waals surface area contributed by atoms with Crippen molar-refractivity contribution in [3.8, 4) is 0 Å². The molecule has 0 spiro atoms. The van der Waals surface area contributed by atoms with Gasteiger partial charge in [-0.25, -0.2) is 9.97 Å². The fraction of sp³-hybridized carbons (Fsp3) is 0.684. The van der Waals surface area contributed by atoms with Crippen molar-refractivity contribution in [3.63, 3.8) is 0 Å². The number of nitrogens with one attached hydrogen (secondary N) is 1. The summed E-state index contributed by atoms with van der Waals surface area (Å²) >= 11 is 1.88. The van der Waals surface area contributed by atoms with E-state index in [2.05, 4.69) is 29.1 Å². The molecule has 5 heteroatoms. The lowest BCUT2D eigenvalue weighted by Crippen LogP contribution is -2.33. The molecule has 4 rings (SSSR count). The minimum Gasteiger partial charge on any atom is -0.367 e. The molecule has 2 heterocycles. The van der Waals surface area contributed by atoms with Crippen LogP contribution in [0.25, 0.3) is 10.2 Å². The van der Waals surface area contributed by atoms with Crippen LogP contribution in [0.3, 0.4) is 0 Å². The van der Waals surface area contributed by atoms with Crippen molar-refractivity contribution in [1.29, 1.82) is 0 Å². The third kappa shape index (κ3) is 2.93. The van der Waals surface area contributed by atoms with Gasteiger partial charge in [0.05, 0.1) is 5.39 Å². The second kappa shape index (κ2) is 6.26. The number of aromatic nitrogens is 2. The maximum absolute atomic E-state index is 6.05. The normalized spacial score (nSPS) is 30.3. The SMILES string of the molecule is CCC1(C)CCc2sc3ncnc(NC4CCC(N)CC4)c3c2C1. The molecule has 1 saturated carbocycles. The molecule has 1 fully saturated rings. The molecule has 0 aliphatic heterocycles. The molecule has 2 aromatic heterocycles. The summed E-state index contributed by atoms with van der Waals surface area (Å²) in [5.41, 5.74) is 7.99. The molecule has 4 nitrogen and oxygen atoms in total. The zero-order chi connectivity index (χ0) is 16.7. The van der Waals surface area contributed by atoms with E-state index in [1.54, 1.807) is 6.33 Å². The van der Waals surface area contributed by atoms with Gasteiger partial charge in [0.15, 0.2) is 0 Å². The van der Waals surface area contributed by atoms with Crippen LogP contribution in [0.5, 0.6) is 0 Å². The second-order valence-electron chi connectivity index (χ2n) is 8.00. The third-order valence-electron chi connectivity index (χ3n) is 6.20. The van der Waals surface area contributed by atoms with Gasteiger partial charge in [-0.15, -0.1) is 11.3 Å². The van der Waals surface area contributed by atoms with E-state index in [4.69, 9.17) is 5.73 Å². The Kier molecular flexibility index (Phi) is 4.25. The van der Waals surface area contributed by atoms with Gasteiger partial charge in [-0.05, 0) is 55.9 Å². The van der Waals surface area contributed by atoms with Crippen LogP contribution in [0.2, 0.25) is 0 Å². The Morgan fingerprint density at radius 1 is 1.29 bits per heavy atom. The van der Waals surface area contributed by atoms with Gasteiger partial charge in [0.1, 0.15) is 17.0 Å². The molecule has 3 N–H and O–H groups in total. The van der Waals surface area contributed by atoms with Crippen LogP contribution in [-0.2, 0) is 12.8 Å². The van der Waals surface area contributed by atoms with Crippen LogP contribution in [-0.4, -0.2) is 22.1 Å². The minimum atomic E-state index is 0.382. The van der Waals surface area contributed by atoms with Crippen LogP contribution in [0.15, 0.2) is 6.33 Å². The summed E-state index contributed by atoms with van der Waals surface area (Å²) in [6.07, 6.45) is 11.1. The lowest BCUT2D eigenvalue weighted by Gasteiger charge is -2.33. The van der Waals surface area contributed by atoms with E-state index in [1.165, 1.54) is 35.1 Å². The molecule has 2 aliphatic carbocycles. The Hall–Kier alpha value is -1.20. The quantitative estimate of drug-likeness (QED) is 0.872. The average Bonchev–Trinajstić information content (AvgIpc) is 2.95. The summed E-state index contributed by atoms with van der Waals surface area (Å²) in [6.45, 7) is 4.75.